The van der Waals surface area contributed by atoms with Crippen LogP contribution >= 0.6 is 11.3 Å². The molecule has 4 N–H and O–H groups in total. The zero-order chi connectivity index (χ0) is 18.1. The number of nitrogen functional groups attached to an aromatic ring is 2. The van der Waals surface area contributed by atoms with Crippen molar-refractivity contribution in [3.05, 3.63) is 28.6 Å². The highest BCUT2D eigenvalue weighted by molar-refractivity contribution is 7.21. The maximum atomic E-state index is 11.2. The fraction of sp³-hybridized carbons (Fsp3) is 0.118. The molecule has 0 saturated carbocycles. The standard InChI is InChI=1S/C17H14N4O3S/c1-23-10-4-3-8(5-11(10)24-2)13-9(6-18)16(20)21-17-14(13)15(19)12(7-22)25-17/h3-5,7H,19H2,1-2H3,(H2,20,21). The number of hydrogen-bond donors (Lipinski definition) is 2. The molecule has 0 aliphatic carbocycles. The molecule has 0 spiro atoms. The molecule has 0 amide bonds. The Labute approximate surface area is 147 Å². The van der Waals surface area contributed by atoms with E-state index in [4.69, 9.17) is 20.9 Å². The molecule has 1 aromatic carbocycles. The van der Waals surface area contributed by atoms with Gasteiger partial charge in [0.1, 0.15) is 22.3 Å². The van der Waals surface area contributed by atoms with E-state index in [-0.39, 0.29) is 17.1 Å². The molecular weight excluding hydrogens is 340 g/mol. The first kappa shape index (κ1) is 16.5. The SMILES string of the molecule is COc1ccc(-c2c(C#N)c(N)nc3sc(C=O)c(N)c23)cc1OC. The van der Waals surface area contributed by atoms with Crippen LogP contribution in [0.15, 0.2) is 18.2 Å². The van der Waals surface area contributed by atoms with Gasteiger partial charge in [0.05, 0.1) is 24.8 Å². The first-order valence-corrected chi connectivity index (χ1v) is 7.96. The van der Waals surface area contributed by atoms with Gasteiger partial charge in [0.15, 0.2) is 17.8 Å². The largest absolute Gasteiger partial charge is 0.493 e. The quantitative estimate of drug-likeness (QED) is 0.690. The summed E-state index contributed by atoms with van der Waals surface area (Å²) in [6.07, 6.45) is 0.669. The summed E-state index contributed by atoms with van der Waals surface area (Å²) < 4.78 is 10.6. The number of rotatable bonds is 4. The topological polar surface area (TPSA) is 124 Å². The van der Waals surface area contributed by atoms with Gasteiger partial charge in [-0.1, -0.05) is 6.07 Å². The summed E-state index contributed by atoms with van der Waals surface area (Å²) >= 11 is 1.13. The van der Waals surface area contributed by atoms with Crippen molar-refractivity contribution < 1.29 is 14.3 Å². The zero-order valence-corrected chi connectivity index (χ0v) is 14.3. The van der Waals surface area contributed by atoms with E-state index in [1.807, 2.05) is 0 Å². The second-order valence-corrected chi connectivity index (χ2v) is 6.14. The number of pyridine rings is 1. The Balaban J connectivity index is 2.44. The molecule has 0 saturated heterocycles. The minimum absolute atomic E-state index is 0.0819. The summed E-state index contributed by atoms with van der Waals surface area (Å²) in [6.45, 7) is 0. The van der Waals surface area contributed by atoms with Gasteiger partial charge in [-0.15, -0.1) is 11.3 Å². The molecule has 0 unspecified atom stereocenters. The fourth-order valence-corrected chi connectivity index (χ4v) is 3.59. The van der Waals surface area contributed by atoms with Crippen molar-refractivity contribution in [1.29, 1.82) is 5.26 Å². The van der Waals surface area contributed by atoms with Crippen LogP contribution in [0.4, 0.5) is 11.5 Å². The lowest BCUT2D eigenvalue weighted by Crippen LogP contribution is -2.00. The summed E-state index contributed by atoms with van der Waals surface area (Å²) in [5.41, 5.74) is 13.7. The molecule has 0 fully saturated rings. The van der Waals surface area contributed by atoms with Crippen molar-refractivity contribution >= 4 is 39.3 Å². The van der Waals surface area contributed by atoms with Gasteiger partial charge in [-0.2, -0.15) is 5.26 Å². The average molecular weight is 354 g/mol. The Bertz CT molecular complexity index is 1040. The van der Waals surface area contributed by atoms with Crippen LogP contribution in [0.1, 0.15) is 15.2 Å². The van der Waals surface area contributed by atoms with E-state index >= 15 is 0 Å². The first-order chi connectivity index (χ1) is 12.0. The number of carbonyl (C=O) groups excluding carboxylic acids is 1. The van der Waals surface area contributed by atoms with Gasteiger partial charge in [0, 0.05) is 10.9 Å². The van der Waals surface area contributed by atoms with E-state index in [2.05, 4.69) is 11.1 Å². The van der Waals surface area contributed by atoms with Crippen molar-refractivity contribution in [2.24, 2.45) is 0 Å². The van der Waals surface area contributed by atoms with E-state index in [1.165, 1.54) is 14.2 Å². The van der Waals surface area contributed by atoms with Crippen molar-refractivity contribution in [3.8, 4) is 28.7 Å². The highest BCUT2D eigenvalue weighted by Crippen LogP contribution is 2.43. The van der Waals surface area contributed by atoms with Crippen molar-refractivity contribution in [1.82, 2.24) is 4.98 Å². The van der Waals surface area contributed by atoms with Crippen molar-refractivity contribution in [3.63, 3.8) is 0 Å². The van der Waals surface area contributed by atoms with Gasteiger partial charge in [-0.25, -0.2) is 4.98 Å². The summed E-state index contributed by atoms with van der Waals surface area (Å²) in [7, 11) is 3.06. The number of anilines is 2. The molecule has 0 aliphatic heterocycles. The van der Waals surface area contributed by atoms with Crippen LogP contribution < -0.4 is 20.9 Å². The second kappa shape index (κ2) is 6.30. The molecule has 0 bridgehead atoms. The maximum Gasteiger partial charge on any atom is 0.162 e. The number of nitrogens with two attached hydrogens (primary N) is 2. The number of ether oxygens (including phenoxy) is 2. The minimum atomic E-state index is 0.0819. The predicted molar refractivity (Wildman–Crippen MR) is 97.1 cm³/mol. The number of methoxy groups -OCH3 is 2. The van der Waals surface area contributed by atoms with E-state index in [0.717, 1.165) is 11.3 Å². The molecule has 0 aliphatic rings. The summed E-state index contributed by atoms with van der Waals surface area (Å²) in [5.74, 6) is 1.13. The van der Waals surface area contributed by atoms with Crippen LogP contribution in [-0.2, 0) is 0 Å². The lowest BCUT2D eigenvalue weighted by Gasteiger charge is -2.13. The minimum Gasteiger partial charge on any atom is -0.493 e. The Kier molecular flexibility index (Phi) is 4.17. The Morgan fingerprint density at radius 2 is 1.96 bits per heavy atom. The van der Waals surface area contributed by atoms with E-state index in [1.54, 1.807) is 18.2 Å². The van der Waals surface area contributed by atoms with Crippen LogP contribution in [0.2, 0.25) is 0 Å². The molecule has 3 rings (SSSR count). The molecule has 2 aromatic heterocycles. The van der Waals surface area contributed by atoms with Crippen LogP contribution in [-0.4, -0.2) is 25.5 Å². The van der Waals surface area contributed by atoms with E-state index in [9.17, 15) is 10.1 Å². The molecule has 0 radical (unpaired) electrons. The number of carbonyl (C=O) groups is 1. The first-order valence-electron chi connectivity index (χ1n) is 7.14. The molecular formula is C17H14N4O3S. The monoisotopic (exact) mass is 354 g/mol. The lowest BCUT2D eigenvalue weighted by atomic mass is 9.97. The fourth-order valence-electron chi connectivity index (χ4n) is 2.67. The molecule has 7 nitrogen and oxygen atoms in total. The van der Waals surface area contributed by atoms with Gasteiger partial charge in [-0.05, 0) is 17.7 Å². The van der Waals surface area contributed by atoms with E-state index < -0.39 is 0 Å². The Morgan fingerprint density at radius 3 is 2.56 bits per heavy atom. The number of fused-ring (bicyclic) bond motifs is 1. The molecule has 8 heteroatoms. The average Bonchev–Trinajstić information content (AvgIpc) is 2.95. The van der Waals surface area contributed by atoms with Crippen LogP contribution in [0, 0.1) is 11.3 Å². The Hall–Kier alpha value is -3.31. The molecule has 25 heavy (non-hydrogen) atoms. The van der Waals surface area contributed by atoms with Gasteiger partial charge >= 0.3 is 0 Å². The van der Waals surface area contributed by atoms with Gasteiger partial charge < -0.3 is 20.9 Å². The third-order valence-corrected chi connectivity index (χ3v) is 4.85. The number of aromatic nitrogens is 1. The normalized spacial score (nSPS) is 10.4. The van der Waals surface area contributed by atoms with Crippen LogP contribution in [0.3, 0.4) is 0 Å². The zero-order valence-electron chi connectivity index (χ0n) is 13.5. The van der Waals surface area contributed by atoms with Crippen molar-refractivity contribution in [2.45, 2.75) is 0 Å². The summed E-state index contributed by atoms with van der Waals surface area (Å²) in [4.78, 5) is 16.3. The molecule has 0 atom stereocenters. The van der Waals surface area contributed by atoms with Crippen LogP contribution in [0.5, 0.6) is 11.5 Å². The highest BCUT2D eigenvalue weighted by atomic mass is 32.1. The third kappa shape index (κ3) is 2.51. The molecule has 126 valence electrons. The van der Waals surface area contributed by atoms with Gasteiger partial charge in [0.2, 0.25) is 0 Å². The smallest absolute Gasteiger partial charge is 0.162 e. The van der Waals surface area contributed by atoms with Crippen LogP contribution in [0.25, 0.3) is 21.3 Å². The number of benzene rings is 1. The maximum absolute atomic E-state index is 11.2. The molecule has 3 aromatic rings. The van der Waals surface area contributed by atoms with E-state index in [0.29, 0.717) is 44.0 Å². The number of nitriles is 1. The van der Waals surface area contributed by atoms with Crippen molar-refractivity contribution in [2.75, 3.05) is 25.7 Å². The Morgan fingerprint density at radius 1 is 1.24 bits per heavy atom. The second-order valence-electron chi connectivity index (χ2n) is 5.11. The number of aldehydes is 1. The summed E-state index contributed by atoms with van der Waals surface area (Å²) in [5, 5.41) is 10.1. The molecule has 2 heterocycles. The summed E-state index contributed by atoms with van der Waals surface area (Å²) in [6, 6.07) is 7.30. The number of thiophene rings is 1. The predicted octanol–water partition coefficient (Wildman–Crippen LogP) is 2.83. The third-order valence-electron chi connectivity index (χ3n) is 3.82. The lowest BCUT2D eigenvalue weighted by molar-refractivity contribution is 0.112. The number of nitrogens with zero attached hydrogens (tertiary/aromatic N) is 2. The van der Waals surface area contributed by atoms with Gasteiger partial charge in [0.25, 0.3) is 0 Å². The van der Waals surface area contributed by atoms with Gasteiger partial charge in [-0.3, -0.25) is 4.79 Å². The highest BCUT2D eigenvalue weighted by Gasteiger charge is 2.22. The number of hydrogen-bond acceptors (Lipinski definition) is 8.